The number of likely N-dealkylation sites (N-methyl/N-ethyl adjacent to an activating group) is 1. The van der Waals surface area contributed by atoms with Crippen molar-refractivity contribution in [2.45, 2.75) is 51.4 Å². The molecule has 0 radical (unpaired) electrons. The molecule has 0 aromatic heterocycles. The summed E-state index contributed by atoms with van der Waals surface area (Å²) in [7, 11) is 0. The molecule has 9 heteroatoms. The second-order valence-electron chi connectivity index (χ2n) is 7.43. The van der Waals surface area contributed by atoms with Gasteiger partial charge in [0.05, 0.1) is 19.8 Å². The van der Waals surface area contributed by atoms with E-state index in [0.29, 0.717) is 13.1 Å². The Hall–Kier alpha value is -2.94. The Balaban J connectivity index is 2.28. The van der Waals surface area contributed by atoms with Gasteiger partial charge in [-0.1, -0.05) is 65.8 Å². The third-order valence-electron chi connectivity index (χ3n) is 5.31. The molecular weight excluding hydrogens is 424 g/mol. The first kappa shape index (κ1) is 26.3. The Kier molecular flexibility index (Phi) is 11.4. The van der Waals surface area contributed by atoms with Crippen LogP contribution in [0.25, 0.3) is 10.4 Å². The second-order valence-corrected chi connectivity index (χ2v) is 7.43. The van der Waals surface area contributed by atoms with E-state index in [1.165, 1.54) is 4.90 Å². The van der Waals surface area contributed by atoms with Crippen molar-refractivity contribution in [3.05, 3.63) is 82.2 Å². The van der Waals surface area contributed by atoms with E-state index in [1.54, 1.807) is 0 Å². The molecule has 2 aromatic rings. The summed E-state index contributed by atoms with van der Waals surface area (Å²) in [5.74, 6) is -0.463. The molecule has 2 rings (SSSR count). The number of benzene rings is 2. The number of rotatable bonds is 14. The SMILES string of the molecule is CCN(CC)C(=O)[C@@H](N=[N+]=[N-])[C@@H](OCc1ccccc1)[C@H](O)[C@@H](CO)OCc1ccccc1. The van der Waals surface area contributed by atoms with Gasteiger partial charge in [0.1, 0.15) is 24.4 Å². The molecule has 2 aromatic carbocycles. The van der Waals surface area contributed by atoms with E-state index < -0.39 is 36.9 Å². The summed E-state index contributed by atoms with van der Waals surface area (Å²) >= 11 is 0. The Morgan fingerprint density at radius 3 is 1.97 bits per heavy atom. The highest BCUT2D eigenvalue weighted by Crippen LogP contribution is 2.20. The molecule has 4 atom stereocenters. The summed E-state index contributed by atoms with van der Waals surface area (Å²) in [6, 6.07) is 17.2. The van der Waals surface area contributed by atoms with E-state index in [2.05, 4.69) is 10.0 Å². The van der Waals surface area contributed by atoms with E-state index >= 15 is 0 Å². The molecule has 0 aliphatic rings. The average molecular weight is 457 g/mol. The van der Waals surface area contributed by atoms with Crippen LogP contribution in [0.4, 0.5) is 0 Å². The van der Waals surface area contributed by atoms with Crippen LogP contribution < -0.4 is 0 Å². The molecular formula is C24H32N4O5. The van der Waals surface area contributed by atoms with Crippen molar-refractivity contribution in [2.24, 2.45) is 5.11 Å². The standard InChI is InChI=1S/C24H32N4O5/c1-3-28(4-2)24(31)21(26-27-25)23(33-17-19-13-9-6-10-14-19)22(30)20(15-29)32-16-18-11-7-5-8-12-18/h5-14,20-23,29-30H,3-4,15-17H2,1-2H3/t20-,21+,22-,23-/m1/s1. The second kappa shape index (κ2) is 14.3. The minimum Gasteiger partial charge on any atom is -0.394 e. The van der Waals surface area contributed by atoms with Crippen molar-refractivity contribution in [1.29, 1.82) is 0 Å². The average Bonchev–Trinajstić information content (AvgIpc) is 2.85. The maximum absolute atomic E-state index is 13.1. The Morgan fingerprint density at radius 1 is 1.00 bits per heavy atom. The van der Waals surface area contributed by atoms with Crippen LogP contribution in [0.3, 0.4) is 0 Å². The molecule has 0 saturated heterocycles. The third kappa shape index (κ3) is 7.85. The molecule has 0 spiro atoms. The summed E-state index contributed by atoms with van der Waals surface area (Å²) in [5, 5.41) is 24.7. The Morgan fingerprint density at radius 2 is 1.52 bits per heavy atom. The zero-order valence-electron chi connectivity index (χ0n) is 19.0. The molecule has 33 heavy (non-hydrogen) atoms. The van der Waals surface area contributed by atoms with Gasteiger partial charge in [-0.15, -0.1) is 0 Å². The van der Waals surface area contributed by atoms with Gasteiger partial charge >= 0.3 is 0 Å². The molecule has 2 N–H and O–H groups in total. The number of nitrogens with zero attached hydrogens (tertiary/aromatic N) is 4. The summed E-state index contributed by atoms with van der Waals surface area (Å²) in [5.41, 5.74) is 10.8. The van der Waals surface area contributed by atoms with Crippen molar-refractivity contribution >= 4 is 5.91 Å². The third-order valence-corrected chi connectivity index (χ3v) is 5.31. The Labute approximate surface area is 194 Å². The van der Waals surface area contributed by atoms with Gasteiger partial charge in [0.2, 0.25) is 5.91 Å². The molecule has 0 bridgehead atoms. The summed E-state index contributed by atoms with van der Waals surface area (Å²) in [6.45, 7) is 4.13. The van der Waals surface area contributed by atoms with Crippen molar-refractivity contribution in [3.8, 4) is 0 Å². The lowest BCUT2D eigenvalue weighted by Crippen LogP contribution is -2.53. The van der Waals surface area contributed by atoms with Crippen LogP contribution in [0.2, 0.25) is 0 Å². The molecule has 0 saturated carbocycles. The Bertz CT molecular complexity index is 873. The number of carbonyl (C=O) groups excluding carboxylic acids is 1. The highest BCUT2D eigenvalue weighted by atomic mass is 16.5. The number of hydrogen-bond acceptors (Lipinski definition) is 6. The minimum absolute atomic E-state index is 0.0718. The number of azide groups is 1. The molecule has 0 aliphatic heterocycles. The van der Waals surface area contributed by atoms with Crippen LogP contribution >= 0.6 is 0 Å². The number of ether oxygens (including phenoxy) is 2. The topological polar surface area (TPSA) is 128 Å². The first-order valence-electron chi connectivity index (χ1n) is 11.0. The number of carbonyl (C=O) groups is 1. The van der Waals surface area contributed by atoms with Crippen LogP contribution in [0.15, 0.2) is 65.8 Å². The number of aliphatic hydroxyl groups excluding tert-OH is 2. The molecule has 0 fully saturated rings. The fraction of sp³-hybridized carbons (Fsp3) is 0.458. The quantitative estimate of drug-likeness (QED) is 0.256. The summed E-state index contributed by atoms with van der Waals surface area (Å²) in [4.78, 5) is 17.4. The molecule has 1 amide bonds. The zero-order valence-corrected chi connectivity index (χ0v) is 19.0. The van der Waals surface area contributed by atoms with Gasteiger partial charge in [0, 0.05) is 18.0 Å². The smallest absolute Gasteiger partial charge is 0.234 e. The van der Waals surface area contributed by atoms with Gasteiger partial charge in [-0.3, -0.25) is 4.79 Å². The normalized spacial score (nSPS) is 14.5. The van der Waals surface area contributed by atoms with E-state index in [4.69, 9.17) is 15.0 Å². The van der Waals surface area contributed by atoms with Gasteiger partial charge in [0.15, 0.2) is 0 Å². The van der Waals surface area contributed by atoms with Crippen LogP contribution in [0, 0.1) is 0 Å². The molecule has 0 heterocycles. The lowest BCUT2D eigenvalue weighted by Gasteiger charge is -2.34. The molecule has 178 valence electrons. The van der Waals surface area contributed by atoms with Crippen LogP contribution in [0.5, 0.6) is 0 Å². The predicted molar refractivity (Wildman–Crippen MR) is 124 cm³/mol. The highest BCUT2D eigenvalue weighted by Gasteiger charge is 2.39. The first-order chi connectivity index (χ1) is 16.0. The van der Waals surface area contributed by atoms with E-state index in [-0.39, 0.29) is 13.2 Å². The van der Waals surface area contributed by atoms with Crippen LogP contribution in [-0.2, 0) is 27.5 Å². The van der Waals surface area contributed by atoms with E-state index in [0.717, 1.165) is 11.1 Å². The first-order valence-corrected chi connectivity index (χ1v) is 11.0. The summed E-state index contributed by atoms with van der Waals surface area (Å²) in [6.07, 6.45) is -3.73. The van der Waals surface area contributed by atoms with Crippen molar-refractivity contribution in [3.63, 3.8) is 0 Å². The van der Waals surface area contributed by atoms with Gasteiger partial charge in [0.25, 0.3) is 0 Å². The van der Waals surface area contributed by atoms with Gasteiger partial charge in [-0.25, -0.2) is 0 Å². The van der Waals surface area contributed by atoms with Crippen LogP contribution in [0.1, 0.15) is 25.0 Å². The largest absolute Gasteiger partial charge is 0.394 e. The number of amides is 1. The van der Waals surface area contributed by atoms with Crippen molar-refractivity contribution in [2.75, 3.05) is 19.7 Å². The maximum atomic E-state index is 13.1. The number of aliphatic hydroxyl groups is 2. The van der Waals surface area contributed by atoms with Crippen LogP contribution in [-0.4, -0.2) is 65.1 Å². The monoisotopic (exact) mass is 456 g/mol. The summed E-state index contributed by atoms with van der Waals surface area (Å²) < 4.78 is 11.7. The minimum atomic E-state index is -1.43. The van der Waals surface area contributed by atoms with E-state index in [1.807, 2.05) is 74.5 Å². The van der Waals surface area contributed by atoms with Crippen molar-refractivity contribution in [1.82, 2.24) is 4.90 Å². The van der Waals surface area contributed by atoms with Gasteiger partial charge < -0.3 is 24.6 Å². The fourth-order valence-electron chi connectivity index (χ4n) is 3.43. The van der Waals surface area contributed by atoms with Gasteiger partial charge in [-0.2, -0.15) is 0 Å². The zero-order chi connectivity index (χ0) is 24.1. The fourth-order valence-corrected chi connectivity index (χ4v) is 3.43. The highest BCUT2D eigenvalue weighted by molar-refractivity contribution is 5.82. The van der Waals surface area contributed by atoms with E-state index in [9.17, 15) is 15.0 Å². The van der Waals surface area contributed by atoms with Gasteiger partial charge in [-0.05, 0) is 30.5 Å². The molecule has 0 aliphatic carbocycles. The molecule has 9 nitrogen and oxygen atoms in total. The van der Waals surface area contributed by atoms with Crippen molar-refractivity contribution < 1.29 is 24.5 Å². The lowest BCUT2D eigenvalue weighted by molar-refractivity contribution is -0.155. The number of hydrogen-bond donors (Lipinski definition) is 2. The predicted octanol–water partition coefficient (Wildman–Crippen LogP) is 3.06. The molecule has 0 unspecified atom stereocenters. The maximum Gasteiger partial charge on any atom is 0.234 e. The lowest BCUT2D eigenvalue weighted by atomic mass is 9.99.